The number of aromatic hydroxyl groups is 2. The fourth-order valence-corrected chi connectivity index (χ4v) is 7.19. The van der Waals surface area contributed by atoms with Crippen molar-refractivity contribution in [3.63, 3.8) is 0 Å². The van der Waals surface area contributed by atoms with Crippen molar-refractivity contribution >= 4 is 54.7 Å². The largest absolute Gasteiger partial charge is 0.508 e. The van der Waals surface area contributed by atoms with Crippen LogP contribution < -0.4 is 0 Å². The van der Waals surface area contributed by atoms with Crippen LogP contribution in [0.3, 0.4) is 0 Å². The van der Waals surface area contributed by atoms with Crippen LogP contribution in [0.15, 0.2) is 72.8 Å². The summed E-state index contributed by atoms with van der Waals surface area (Å²) < 4.78 is 3.36. The van der Waals surface area contributed by atoms with Gasteiger partial charge in [-0.15, -0.1) is 11.3 Å². The highest BCUT2D eigenvalue weighted by Crippen LogP contribution is 2.56. The molecule has 0 aliphatic heterocycles. The second-order valence-corrected chi connectivity index (χ2v) is 10.9. The number of hydrogen-bond donors (Lipinski definition) is 2. The number of halogens is 1. The van der Waals surface area contributed by atoms with E-state index in [2.05, 4.69) is 42.7 Å². The summed E-state index contributed by atoms with van der Waals surface area (Å²) in [6, 6.07) is 23.7. The number of hydrogen-bond acceptors (Lipinski definition) is 3. The molecule has 2 N–H and O–H groups in total. The van der Waals surface area contributed by atoms with Gasteiger partial charge in [0, 0.05) is 32.5 Å². The zero-order chi connectivity index (χ0) is 23.4. The van der Waals surface area contributed by atoms with Crippen molar-refractivity contribution in [2.75, 3.05) is 0 Å². The molecular formula is C29H20ClNO2S. The zero-order valence-corrected chi connectivity index (χ0v) is 20.1. The SMILES string of the molecule is CC1(C)c2cc3cc(O)ccc3cc2-c2c1c1ccc(O)cc1n2-c1sc2ccccc2c1Cl. The fourth-order valence-electron chi connectivity index (χ4n) is 5.65. The molecule has 7 rings (SSSR count). The van der Waals surface area contributed by atoms with Gasteiger partial charge >= 0.3 is 0 Å². The average molecular weight is 482 g/mol. The zero-order valence-electron chi connectivity index (χ0n) is 18.6. The minimum atomic E-state index is -0.270. The predicted molar refractivity (Wildman–Crippen MR) is 142 cm³/mol. The van der Waals surface area contributed by atoms with E-state index in [1.165, 1.54) is 11.1 Å². The van der Waals surface area contributed by atoms with E-state index >= 15 is 0 Å². The van der Waals surface area contributed by atoms with Gasteiger partial charge in [0.15, 0.2) is 0 Å². The topological polar surface area (TPSA) is 45.4 Å². The van der Waals surface area contributed by atoms with Crippen LogP contribution in [0.25, 0.3) is 48.0 Å². The van der Waals surface area contributed by atoms with Crippen LogP contribution in [0.4, 0.5) is 0 Å². The van der Waals surface area contributed by atoms with Gasteiger partial charge in [0.2, 0.25) is 0 Å². The second kappa shape index (κ2) is 6.56. The molecule has 2 heterocycles. The lowest BCUT2D eigenvalue weighted by Gasteiger charge is -2.22. The van der Waals surface area contributed by atoms with Gasteiger partial charge in [-0.2, -0.15) is 0 Å². The van der Waals surface area contributed by atoms with Crippen molar-refractivity contribution in [3.8, 4) is 27.8 Å². The van der Waals surface area contributed by atoms with E-state index in [9.17, 15) is 10.2 Å². The first-order valence-corrected chi connectivity index (χ1v) is 12.4. The van der Waals surface area contributed by atoms with Crippen molar-refractivity contribution in [2.24, 2.45) is 0 Å². The summed E-state index contributed by atoms with van der Waals surface area (Å²) in [5, 5.41) is 26.4. The molecular weight excluding hydrogens is 462 g/mol. The summed E-state index contributed by atoms with van der Waals surface area (Å²) >= 11 is 8.67. The molecule has 1 aliphatic rings. The first kappa shape index (κ1) is 20.0. The monoisotopic (exact) mass is 481 g/mol. The van der Waals surface area contributed by atoms with E-state index in [1.807, 2.05) is 36.4 Å². The van der Waals surface area contributed by atoms with Crippen molar-refractivity contribution in [1.29, 1.82) is 0 Å². The Morgan fingerprint density at radius 2 is 1.59 bits per heavy atom. The summed E-state index contributed by atoms with van der Waals surface area (Å²) in [5.41, 5.74) is 5.39. The summed E-state index contributed by atoms with van der Waals surface area (Å²) in [7, 11) is 0. The lowest BCUT2D eigenvalue weighted by Crippen LogP contribution is -2.14. The van der Waals surface area contributed by atoms with Crippen LogP contribution in [-0.4, -0.2) is 14.8 Å². The molecule has 0 unspecified atom stereocenters. The number of benzene rings is 4. The summed E-state index contributed by atoms with van der Waals surface area (Å²) in [4.78, 5) is 0. The van der Waals surface area contributed by atoms with E-state index in [0.29, 0.717) is 0 Å². The molecule has 6 aromatic rings. The Kier molecular flexibility index (Phi) is 3.85. The summed E-state index contributed by atoms with van der Waals surface area (Å²) in [6.07, 6.45) is 0. The van der Waals surface area contributed by atoms with Gasteiger partial charge in [-0.3, -0.25) is 4.57 Å². The first-order chi connectivity index (χ1) is 16.3. The molecule has 1 aliphatic carbocycles. The van der Waals surface area contributed by atoms with E-state index < -0.39 is 0 Å². The maximum atomic E-state index is 10.4. The minimum absolute atomic E-state index is 0.231. The van der Waals surface area contributed by atoms with Gasteiger partial charge in [0.1, 0.15) is 16.5 Å². The van der Waals surface area contributed by atoms with Crippen LogP contribution in [0, 0.1) is 0 Å². The lowest BCUT2D eigenvalue weighted by atomic mass is 9.81. The summed E-state index contributed by atoms with van der Waals surface area (Å²) in [5.74, 6) is 0.498. The van der Waals surface area contributed by atoms with Crippen LogP contribution in [0.5, 0.6) is 11.5 Å². The van der Waals surface area contributed by atoms with E-state index in [4.69, 9.17) is 11.6 Å². The number of aromatic nitrogens is 1. The molecule has 0 fully saturated rings. The maximum Gasteiger partial charge on any atom is 0.120 e. The fraction of sp³-hybridized carbons (Fsp3) is 0.103. The number of rotatable bonds is 1. The Bertz CT molecular complexity index is 1830. The van der Waals surface area contributed by atoms with E-state index in [0.717, 1.165) is 53.0 Å². The Hall–Kier alpha value is -3.47. The highest BCUT2D eigenvalue weighted by Gasteiger charge is 2.41. The predicted octanol–water partition coefficient (Wildman–Crippen LogP) is 8.37. The van der Waals surface area contributed by atoms with Crippen LogP contribution in [0.1, 0.15) is 25.0 Å². The molecule has 0 amide bonds. The number of nitrogens with zero attached hydrogens (tertiary/aromatic N) is 1. The third-order valence-electron chi connectivity index (χ3n) is 7.19. The number of phenolic OH excluding ortho intramolecular Hbond substituents is 2. The Balaban J connectivity index is 1.67. The smallest absolute Gasteiger partial charge is 0.120 e. The Morgan fingerprint density at radius 3 is 2.41 bits per heavy atom. The highest BCUT2D eigenvalue weighted by molar-refractivity contribution is 7.22. The lowest BCUT2D eigenvalue weighted by molar-refractivity contribution is 0.475. The third kappa shape index (κ3) is 2.47. The van der Waals surface area contributed by atoms with Crippen molar-refractivity contribution in [3.05, 3.63) is 88.9 Å². The van der Waals surface area contributed by atoms with Crippen molar-refractivity contribution in [2.45, 2.75) is 19.3 Å². The van der Waals surface area contributed by atoms with Crippen LogP contribution >= 0.6 is 22.9 Å². The number of thiophene rings is 1. The molecule has 4 aromatic carbocycles. The minimum Gasteiger partial charge on any atom is -0.508 e. The van der Waals surface area contributed by atoms with E-state index in [-0.39, 0.29) is 16.9 Å². The first-order valence-electron chi connectivity index (χ1n) is 11.2. The molecule has 34 heavy (non-hydrogen) atoms. The highest BCUT2D eigenvalue weighted by atomic mass is 35.5. The Morgan fingerprint density at radius 1 is 0.824 bits per heavy atom. The second-order valence-electron chi connectivity index (χ2n) is 9.53. The van der Waals surface area contributed by atoms with Crippen molar-refractivity contribution < 1.29 is 10.2 Å². The van der Waals surface area contributed by atoms with Gasteiger partial charge in [-0.1, -0.05) is 49.7 Å². The average Bonchev–Trinajstić information content (AvgIpc) is 3.39. The van der Waals surface area contributed by atoms with Gasteiger partial charge < -0.3 is 10.2 Å². The maximum absolute atomic E-state index is 10.4. The third-order valence-corrected chi connectivity index (χ3v) is 8.84. The number of fused-ring (bicyclic) bond motifs is 7. The Labute approximate surface area is 205 Å². The normalized spacial score (nSPS) is 14.2. The van der Waals surface area contributed by atoms with Crippen molar-refractivity contribution in [1.82, 2.24) is 4.57 Å². The molecule has 0 radical (unpaired) electrons. The standard InChI is InChI=1S/C29H20ClNO2S/c1-29(2)22-13-16-11-17(32)8-7-15(16)12-21(22)27-25(29)19-10-9-18(33)14-23(19)31(27)28-26(30)20-5-3-4-6-24(20)34-28/h3-14,32-33H,1-2H3. The van der Waals surface area contributed by atoms with Gasteiger partial charge in [-0.05, 0) is 64.4 Å². The molecule has 166 valence electrons. The molecule has 0 spiro atoms. The molecule has 5 heteroatoms. The van der Waals surface area contributed by atoms with Gasteiger partial charge in [0.05, 0.1) is 16.2 Å². The molecule has 0 atom stereocenters. The van der Waals surface area contributed by atoms with Crippen LogP contribution in [0.2, 0.25) is 5.02 Å². The van der Waals surface area contributed by atoms with E-state index in [1.54, 1.807) is 23.5 Å². The van der Waals surface area contributed by atoms with Gasteiger partial charge in [0.25, 0.3) is 0 Å². The molecule has 0 saturated carbocycles. The summed E-state index contributed by atoms with van der Waals surface area (Å²) in [6.45, 7) is 4.49. The number of phenols is 2. The molecule has 0 bridgehead atoms. The molecule has 0 saturated heterocycles. The van der Waals surface area contributed by atoms with Crippen LogP contribution in [-0.2, 0) is 5.41 Å². The molecule has 2 aromatic heterocycles. The molecule has 3 nitrogen and oxygen atoms in total. The van der Waals surface area contributed by atoms with Gasteiger partial charge in [-0.25, -0.2) is 0 Å². The quantitative estimate of drug-likeness (QED) is 0.248.